The molecule has 0 aliphatic heterocycles. The molecule has 0 N–H and O–H groups in total. The zero-order valence-corrected chi connectivity index (χ0v) is 8.12. The summed E-state index contributed by atoms with van der Waals surface area (Å²) >= 11 is 0. The minimum absolute atomic E-state index is 0.166. The van der Waals surface area contributed by atoms with Gasteiger partial charge in [0.15, 0.2) is 0 Å². The number of rotatable bonds is 4. The van der Waals surface area contributed by atoms with Crippen molar-refractivity contribution in [2.45, 2.75) is 26.3 Å². The van der Waals surface area contributed by atoms with E-state index in [1.54, 1.807) is 18.2 Å². The van der Waals surface area contributed by atoms with E-state index in [-0.39, 0.29) is 5.91 Å². The van der Waals surface area contributed by atoms with Crippen LogP contribution in [0.25, 0.3) is 0 Å². The van der Waals surface area contributed by atoms with Crippen LogP contribution >= 0.6 is 0 Å². The summed E-state index contributed by atoms with van der Waals surface area (Å²) in [5.41, 5.74) is 0. The molecule has 0 unspecified atom stereocenters. The number of hydrogen-bond donors (Lipinski definition) is 0. The molecule has 1 rings (SSSR count). The van der Waals surface area contributed by atoms with E-state index >= 15 is 0 Å². The van der Waals surface area contributed by atoms with Crippen LogP contribution in [0.3, 0.4) is 0 Å². The van der Waals surface area contributed by atoms with Crippen LogP contribution in [0, 0.1) is 0 Å². The number of carbonyl (C=O) groups is 1. The van der Waals surface area contributed by atoms with E-state index in [4.69, 9.17) is 4.42 Å². The molecular weight excluding hydrogens is 166 g/mol. The molecule has 0 aliphatic carbocycles. The zero-order chi connectivity index (χ0) is 9.68. The van der Waals surface area contributed by atoms with Crippen molar-refractivity contribution in [3.63, 3.8) is 0 Å². The number of nitrogens with zero attached hydrogens (tertiary/aromatic N) is 1. The topological polar surface area (TPSA) is 33.5 Å². The van der Waals surface area contributed by atoms with E-state index in [1.165, 1.54) is 0 Å². The van der Waals surface area contributed by atoms with Crippen LogP contribution in [0.15, 0.2) is 22.8 Å². The summed E-state index contributed by atoms with van der Waals surface area (Å²) in [6.07, 6.45) is 3.12. The summed E-state index contributed by atoms with van der Waals surface area (Å²) in [6, 6.07) is 3.70. The van der Waals surface area contributed by atoms with Gasteiger partial charge in [-0.25, -0.2) is 0 Å². The van der Waals surface area contributed by atoms with Crippen molar-refractivity contribution in [3.05, 3.63) is 24.2 Å². The van der Waals surface area contributed by atoms with E-state index in [2.05, 4.69) is 0 Å². The average molecular weight is 181 g/mol. The first-order valence-electron chi connectivity index (χ1n) is 4.50. The maximum Gasteiger partial charge on any atom is 0.222 e. The lowest BCUT2D eigenvalue weighted by atomic mass is 10.3. The highest BCUT2D eigenvalue weighted by Crippen LogP contribution is 2.05. The number of furan rings is 1. The molecule has 1 heterocycles. The smallest absolute Gasteiger partial charge is 0.222 e. The number of carbonyl (C=O) groups excluding carboxylic acids is 1. The molecule has 0 aromatic carbocycles. The fourth-order valence-corrected chi connectivity index (χ4v) is 1.13. The Balaban J connectivity index is 2.41. The molecule has 0 spiro atoms. The Labute approximate surface area is 78.3 Å². The Morgan fingerprint density at radius 1 is 1.62 bits per heavy atom. The average Bonchev–Trinajstić information content (AvgIpc) is 2.57. The van der Waals surface area contributed by atoms with E-state index < -0.39 is 0 Å². The Bertz CT molecular complexity index is 254. The first-order valence-corrected chi connectivity index (χ1v) is 4.50. The third-order valence-electron chi connectivity index (χ3n) is 1.86. The minimum atomic E-state index is 0.166. The van der Waals surface area contributed by atoms with Gasteiger partial charge in [-0.3, -0.25) is 4.79 Å². The summed E-state index contributed by atoms with van der Waals surface area (Å²) < 4.78 is 5.14. The molecule has 0 atom stereocenters. The highest BCUT2D eigenvalue weighted by Gasteiger charge is 2.08. The molecule has 1 aromatic heterocycles. The van der Waals surface area contributed by atoms with Gasteiger partial charge in [-0.2, -0.15) is 0 Å². The summed E-state index contributed by atoms with van der Waals surface area (Å²) in [5.74, 6) is 0.992. The van der Waals surface area contributed by atoms with Crippen molar-refractivity contribution in [1.29, 1.82) is 0 Å². The highest BCUT2D eigenvalue weighted by molar-refractivity contribution is 5.75. The fourth-order valence-electron chi connectivity index (χ4n) is 1.13. The van der Waals surface area contributed by atoms with Crippen LogP contribution < -0.4 is 0 Å². The predicted octanol–water partition coefficient (Wildman–Crippen LogP) is 2.04. The molecule has 0 bridgehead atoms. The second kappa shape index (κ2) is 4.70. The monoisotopic (exact) mass is 181 g/mol. The summed E-state index contributed by atoms with van der Waals surface area (Å²) in [5, 5.41) is 0. The normalized spacial score (nSPS) is 10.0. The lowest BCUT2D eigenvalue weighted by Gasteiger charge is -2.14. The largest absolute Gasteiger partial charge is 0.467 e. The van der Waals surface area contributed by atoms with Gasteiger partial charge in [0, 0.05) is 13.5 Å². The van der Waals surface area contributed by atoms with Gasteiger partial charge in [0.1, 0.15) is 5.76 Å². The molecule has 0 radical (unpaired) electrons. The van der Waals surface area contributed by atoms with Crippen molar-refractivity contribution in [1.82, 2.24) is 4.90 Å². The van der Waals surface area contributed by atoms with Crippen molar-refractivity contribution in [2.24, 2.45) is 0 Å². The number of amides is 1. The number of hydrogen-bond acceptors (Lipinski definition) is 2. The van der Waals surface area contributed by atoms with E-state index in [9.17, 15) is 4.79 Å². The summed E-state index contributed by atoms with van der Waals surface area (Å²) in [4.78, 5) is 13.0. The first kappa shape index (κ1) is 9.84. The molecule has 0 saturated heterocycles. The first-order chi connectivity index (χ1) is 6.24. The Morgan fingerprint density at radius 3 is 2.92 bits per heavy atom. The van der Waals surface area contributed by atoms with Gasteiger partial charge in [-0.05, 0) is 18.6 Å². The molecule has 1 amide bonds. The van der Waals surface area contributed by atoms with Crippen molar-refractivity contribution in [2.75, 3.05) is 7.05 Å². The third kappa shape index (κ3) is 2.93. The Morgan fingerprint density at radius 2 is 2.38 bits per heavy atom. The summed E-state index contributed by atoms with van der Waals surface area (Å²) in [6.45, 7) is 2.56. The maximum atomic E-state index is 11.4. The Hall–Kier alpha value is -1.25. The summed E-state index contributed by atoms with van der Waals surface area (Å²) in [7, 11) is 1.79. The molecule has 0 saturated carbocycles. The van der Waals surface area contributed by atoms with Crippen LogP contribution in [0.2, 0.25) is 0 Å². The highest BCUT2D eigenvalue weighted by atomic mass is 16.3. The van der Waals surface area contributed by atoms with Crippen LogP contribution in [0.1, 0.15) is 25.5 Å². The SMILES string of the molecule is CCCC(=O)N(C)Cc1ccco1. The quantitative estimate of drug-likeness (QED) is 0.712. The molecule has 1 aromatic rings. The Kier molecular flexibility index (Phi) is 3.55. The molecule has 72 valence electrons. The maximum absolute atomic E-state index is 11.4. The lowest BCUT2D eigenvalue weighted by Crippen LogP contribution is -2.25. The van der Waals surface area contributed by atoms with Crippen LogP contribution in [0.5, 0.6) is 0 Å². The molecule has 0 aliphatic rings. The van der Waals surface area contributed by atoms with E-state index in [0.717, 1.165) is 12.2 Å². The standard InChI is InChI=1S/C10H15NO2/c1-3-5-10(12)11(2)8-9-6-4-7-13-9/h4,6-7H,3,5,8H2,1-2H3. The molecule has 0 fully saturated rings. The van der Waals surface area contributed by atoms with E-state index in [1.807, 2.05) is 19.1 Å². The van der Waals surface area contributed by atoms with E-state index in [0.29, 0.717) is 13.0 Å². The lowest BCUT2D eigenvalue weighted by molar-refractivity contribution is -0.130. The molecule has 3 nitrogen and oxygen atoms in total. The predicted molar refractivity (Wildman–Crippen MR) is 50.1 cm³/mol. The van der Waals surface area contributed by atoms with Crippen molar-refractivity contribution < 1.29 is 9.21 Å². The second-order valence-corrected chi connectivity index (χ2v) is 3.08. The van der Waals surface area contributed by atoms with Gasteiger partial charge in [-0.15, -0.1) is 0 Å². The van der Waals surface area contributed by atoms with Gasteiger partial charge < -0.3 is 9.32 Å². The third-order valence-corrected chi connectivity index (χ3v) is 1.86. The van der Waals surface area contributed by atoms with Gasteiger partial charge in [0.2, 0.25) is 5.91 Å². The molecule has 13 heavy (non-hydrogen) atoms. The zero-order valence-electron chi connectivity index (χ0n) is 8.12. The van der Waals surface area contributed by atoms with Gasteiger partial charge in [-0.1, -0.05) is 6.92 Å². The molecule has 3 heteroatoms. The van der Waals surface area contributed by atoms with Crippen LogP contribution in [-0.4, -0.2) is 17.9 Å². The molecular formula is C10H15NO2. The van der Waals surface area contributed by atoms with Crippen molar-refractivity contribution in [3.8, 4) is 0 Å². The van der Waals surface area contributed by atoms with Crippen LogP contribution in [0.4, 0.5) is 0 Å². The van der Waals surface area contributed by atoms with Crippen LogP contribution in [-0.2, 0) is 11.3 Å². The van der Waals surface area contributed by atoms with Gasteiger partial charge in [0.05, 0.1) is 12.8 Å². The second-order valence-electron chi connectivity index (χ2n) is 3.08. The van der Waals surface area contributed by atoms with Gasteiger partial charge in [0.25, 0.3) is 0 Å². The minimum Gasteiger partial charge on any atom is -0.467 e. The van der Waals surface area contributed by atoms with Gasteiger partial charge >= 0.3 is 0 Å². The van der Waals surface area contributed by atoms with Crippen molar-refractivity contribution >= 4 is 5.91 Å². The fraction of sp³-hybridized carbons (Fsp3) is 0.500.